The van der Waals surface area contributed by atoms with Crippen LogP contribution in [0, 0.1) is 6.92 Å². The number of aryl methyl sites for hydroxylation is 2. The Balaban J connectivity index is 1.33. The maximum absolute atomic E-state index is 13.0. The topological polar surface area (TPSA) is 82.2 Å². The van der Waals surface area contributed by atoms with Crippen LogP contribution in [-0.4, -0.2) is 54.3 Å². The lowest BCUT2D eigenvalue weighted by atomic mass is 9.93. The van der Waals surface area contributed by atoms with Crippen molar-refractivity contribution in [3.63, 3.8) is 0 Å². The van der Waals surface area contributed by atoms with Crippen LogP contribution in [0.25, 0.3) is 27.9 Å². The number of ether oxygens (including phenoxy) is 1. The van der Waals surface area contributed by atoms with Crippen molar-refractivity contribution in [2.24, 2.45) is 0 Å². The molecular weight excluding hydrogens is 454 g/mol. The van der Waals surface area contributed by atoms with Crippen LogP contribution in [0.3, 0.4) is 0 Å². The first-order valence-corrected chi connectivity index (χ1v) is 11.1. The van der Waals surface area contributed by atoms with Crippen LogP contribution >= 0.6 is 0 Å². The Morgan fingerprint density at radius 1 is 1.12 bits per heavy atom. The average Bonchev–Trinajstić information content (AvgIpc) is 3.34. The second-order valence-corrected chi connectivity index (χ2v) is 8.36. The highest BCUT2D eigenvalue weighted by molar-refractivity contribution is 5.82. The number of nitrogens with zero attached hydrogens (tertiary/aromatic N) is 6. The van der Waals surface area contributed by atoms with E-state index in [0.717, 1.165) is 11.1 Å². The summed E-state index contributed by atoms with van der Waals surface area (Å²) in [6, 6.07) is 5.57. The van der Waals surface area contributed by atoms with E-state index in [1.165, 1.54) is 0 Å². The molecule has 0 aromatic carbocycles. The van der Waals surface area contributed by atoms with Crippen molar-refractivity contribution < 1.29 is 22.3 Å². The van der Waals surface area contributed by atoms with E-state index < -0.39 is 19.1 Å². The zero-order chi connectivity index (χ0) is 23.9. The number of fused-ring (bicyclic) bond motifs is 2. The molecule has 12 heteroatoms. The zero-order valence-corrected chi connectivity index (χ0v) is 18.4. The third-order valence-electron chi connectivity index (χ3n) is 6.09. The summed E-state index contributed by atoms with van der Waals surface area (Å²) in [5.74, 6) is 1.10. The molecule has 0 spiro atoms. The maximum Gasteiger partial charge on any atom is 0.522 e. The fourth-order valence-corrected chi connectivity index (χ4v) is 4.50. The second-order valence-electron chi connectivity index (χ2n) is 8.36. The van der Waals surface area contributed by atoms with Gasteiger partial charge in [0.2, 0.25) is 5.95 Å². The largest absolute Gasteiger partial charge is 0.522 e. The predicted octanol–water partition coefficient (Wildman–Crippen LogP) is 4.68. The lowest BCUT2D eigenvalue weighted by Gasteiger charge is -2.29. The van der Waals surface area contributed by atoms with Gasteiger partial charge < -0.3 is 9.88 Å². The number of aromatic nitrogens is 6. The van der Waals surface area contributed by atoms with Crippen LogP contribution in [-0.2, 0) is 11.3 Å². The van der Waals surface area contributed by atoms with Crippen molar-refractivity contribution in [2.45, 2.75) is 57.7 Å². The molecule has 180 valence electrons. The molecule has 1 fully saturated rings. The van der Waals surface area contributed by atoms with Gasteiger partial charge in [0.25, 0.3) is 0 Å². The minimum absolute atomic E-state index is 0.0244. The normalized spacial score (nSPS) is 19.2. The smallest absolute Gasteiger partial charge is 0.350 e. The monoisotopic (exact) mass is 477 g/mol. The summed E-state index contributed by atoms with van der Waals surface area (Å²) in [7, 11) is 0. The van der Waals surface area contributed by atoms with Gasteiger partial charge in [-0.2, -0.15) is 0 Å². The summed E-state index contributed by atoms with van der Waals surface area (Å²) in [6.07, 6.45) is -0.219. The summed E-state index contributed by atoms with van der Waals surface area (Å²) in [6.45, 7) is 1.51. The lowest BCUT2D eigenvalue weighted by molar-refractivity contribution is -0.345. The molecule has 0 saturated heterocycles. The first-order chi connectivity index (χ1) is 16.3. The van der Waals surface area contributed by atoms with Gasteiger partial charge in [0.15, 0.2) is 5.65 Å². The predicted molar refractivity (Wildman–Crippen MR) is 117 cm³/mol. The Morgan fingerprint density at radius 3 is 2.65 bits per heavy atom. The first kappa shape index (κ1) is 22.5. The van der Waals surface area contributed by atoms with Gasteiger partial charge >= 0.3 is 6.36 Å². The van der Waals surface area contributed by atoms with Crippen molar-refractivity contribution in [2.75, 3.05) is 12.0 Å². The highest BCUT2D eigenvalue weighted by Gasteiger charge is 2.35. The van der Waals surface area contributed by atoms with Gasteiger partial charge in [-0.15, -0.1) is 18.3 Å². The SMILES string of the molecule is Cc1nc2ccc(-c3ccn4nc(NC5CCC(OC(F)(F)F)CC5)ncc34)nc2n1CCF. The molecule has 0 radical (unpaired) electrons. The molecule has 1 saturated carbocycles. The summed E-state index contributed by atoms with van der Waals surface area (Å²) in [5.41, 5.74) is 3.59. The van der Waals surface area contributed by atoms with Crippen LogP contribution < -0.4 is 5.32 Å². The van der Waals surface area contributed by atoms with Gasteiger partial charge in [-0.25, -0.2) is 23.9 Å². The Labute approximate surface area is 192 Å². The van der Waals surface area contributed by atoms with Crippen LogP contribution in [0.4, 0.5) is 23.5 Å². The van der Waals surface area contributed by atoms with Gasteiger partial charge in [0, 0.05) is 17.8 Å². The van der Waals surface area contributed by atoms with E-state index in [4.69, 9.17) is 4.98 Å². The van der Waals surface area contributed by atoms with Gasteiger partial charge in [-0.3, -0.25) is 4.74 Å². The van der Waals surface area contributed by atoms with Crippen LogP contribution in [0.15, 0.2) is 30.6 Å². The fourth-order valence-electron chi connectivity index (χ4n) is 4.50. The molecule has 0 unspecified atom stereocenters. The number of rotatable bonds is 6. The van der Waals surface area contributed by atoms with E-state index in [1.807, 2.05) is 25.1 Å². The van der Waals surface area contributed by atoms with Crippen molar-refractivity contribution in [1.29, 1.82) is 0 Å². The minimum atomic E-state index is -4.60. The number of pyridine rings is 1. The van der Waals surface area contributed by atoms with Crippen molar-refractivity contribution >= 4 is 22.6 Å². The van der Waals surface area contributed by atoms with Crippen LogP contribution in [0.2, 0.25) is 0 Å². The standard InChI is InChI=1S/C22H23F4N7O/c1-13-28-18-7-6-17(30-20(18)32(13)11-9-23)16-8-10-33-19(16)12-27-21(31-33)29-14-2-4-15(5-3-14)34-22(24,25)26/h6-8,10,12,14-15H,2-5,9,11H2,1H3,(H,29,31). The van der Waals surface area contributed by atoms with Gasteiger partial charge in [0.1, 0.15) is 18.0 Å². The van der Waals surface area contributed by atoms with Crippen molar-refractivity contribution in [1.82, 2.24) is 29.1 Å². The quantitative estimate of drug-likeness (QED) is 0.406. The molecule has 1 aliphatic carbocycles. The zero-order valence-electron chi connectivity index (χ0n) is 18.4. The van der Waals surface area contributed by atoms with Crippen molar-refractivity contribution in [3.05, 3.63) is 36.4 Å². The third kappa shape index (κ3) is 4.54. The second kappa shape index (κ2) is 8.82. The highest BCUT2D eigenvalue weighted by Crippen LogP contribution is 2.30. The number of halogens is 4. The van der Waals surface area contributed by atoms with E-state index in [9.17, 15) is 17.6 Å². The minimum Gasteiger partial charge on any atom is -0.350 e. The molecule has 4 heterocycles. The summed E-state index contributed by atoms with van der Waals surface area (Å²) in [4.78, 5) is 13.6. The Morgan fingerprint density at radius 2 is 1.91 bits per heavy atom. The Hall–Kier alpha value is -3.28. The maximum atomic E-state index is 13.0. The van der Waals surface area contributed by atoms with E-state index in [0.29, 0.717) is 54.3 Å². The molecule has 0 bridgehead atoms. The average molecular weight is 477 g/mol. The van der Waals surface area contributed by atoms with Crippen LogP contribution in [0.1, 0.15) is 31.5 Å². The number of hydrogen-bond donors (Lipinski definition) is 1. The van der Waals surface area contributed by atoms with Gasteiger partial charge in [-0.1, -0.05) is 0 Å². The van der Waals surface area contributed by atoms with E-state index in [-0.39, 0.29) is 12.6 Å². The molecule has 8 nitrogen and oxygen atoms in total. The molecule has 4 aromatic heterocycles. The molecule has 34 heavy (non-hydrogen) atoms. The Bertz CT molecular complexity index is 1310. The molecule has 1 aliphatic rings. The summed E-state index contributed by atoms with van der Waals surface area (Å²) >= 11 is 0. The molecule has 0 amide bonds. The molecule has 0 atom stereocenters. The molecule has 0 aliphatic heterocycles. The summed E-state index contributed by atoms with van der Waals surface area (Å²) in [5, 5.41) is 7.71. The van der Waals surface area contributed by atoms with Gasteiger partial charge in [-0.05, 0) is 50.8 Å². The number of hydrogen-bond acceptors (Lipinski definition) is 6. The fraction of sp³-hybridized carbons (Fsp3) is 0.455. The lowest BCUT2D eigenvalue weighted by Crippen LogP contribution is -2.33. The highest BCUT2D eigenvalue weighted by atomic mass is 19.4. The van der Waals surface area contributed by atoms with E-state index in [1.54, 1.807) is 21.5 Å². The molecule has 4 aromatic rings. The number of alkyl halides is 4. The third-order valence-corrected chi connectivity index (χ3v) is 6.09. The first-order valence-electron chi connectivity index (χ1n) is 11.1. The van der Waals surface area contributed by atoms with Crippen LogP contribution in [0.5, 0.6) is 0 Å². The van der Waals surface area contributed by atoms with E-state index >= 15 is 0 Å². The molecular formula is C22H23F4N7O. The summed E-state index contributed by atoms with van der Waals surface area (Å²) < 4.78 is 57.8. The Kier molecular flexibility index (Phi) is 5.84. The van der Waals surface area contributed by atoms with Crippen molar-refractivity contribution in [3.8, 4) is 11.3 Å². The van der Waals surface area contributed by atoms with Gasteiger partial charge in [0.05, 0.1) is 30.1 Å². The van der Waals surface area contributed by atoms with E-state index in [2.05, 4.69) is 25.1 Å². The molecule has 1 N–H and O–H groups in total. The number of imidazole rings is 1. The number of anilines is 1. The molecule has 5 rings (SSSR count). The number of nitrogens with one attached hydrogen (secondary N) is 1.